The van der Waals surface area contributed by atoms with Crippen molar-refractivity contribution < 1.29 is 24.5 Å². The number of unbranched alkanes of at least 4 members (excludes halogenated alkanes) is 43. The summed E-state index contributed by atoms with van der Waals surface area (Å²) in [6, 6.07) is -0.548. The van der Waals surface area contributed by atoms with Crippen LogP contribution in [0.2, 0.25) is 0 Å². The van der Waals surface area contributed by atoms with Crippen LogP contribution in [0, 0.1) is 0 Å². The second-order valence-corrected chi connectivity index (χ2v) is 21.4. The number of hydrogen-bond donors (Lipinski definition) is 3. The fourth-order valence-corrected chi connectivity index (χ4v) is 9.69. The van der Waals surface area contributed by atoms with E-state index in [1.807, 2.05) is 0 Å². The number of esters is 1. The molecule has 0 aliphatic rings. The maximum absolute atomic E-state index is 12.5. The molecule has 2 unspecified atom stereocenters. The van der Waals surface area contributed by atoms with Crippen LogP contribution in [0.3, 0.4) is 0 Å². The van der Waals surface area contributed by atoms with E-state index in [-0.39, 0.29) is 18.5 Å². The van der Waals surface area contributed by atoms with Crippen LogP contribution in [0.25, 0.3) is 0 Å². The number of aliphatic hydroxyl groups excluding tert-OH is 2. The smallest absolute Gasteiger partial charge is 0.305 e. The fraction of sp³-hybridized carbons (Fsp3) is 0.905. The molecule has 0 aromatic carbocycles. The van der Waals surface area contributed by atoms with Gasteiger partial charge in [-0.3, -0.25) is 9.59 Å². The van der Waals surface area contributed by atoms with Crippen molar-refractivity contribution in [1.82, 2.24) is 5.32 Å². The van der Waals surface area contributed by atoms with E-state index in [0.29, 0.717) is 25.9 Å². The van der Waals surface area contributed by atoms with Gasteiger partial charge in [-0.25, -0.2) is 0 Å². The first-order valence-electron chi connectivity index (χ1n) is 31.1. The van der Waals surface area contributed by atoms with Gasteiger partial charge in [0.15, 0.2) is 0 Å². The highest BCUT2D eigenvalue weighted by Crippen LogP contribution is 2.17. The molecule has 1 amide bonds. The number of aliphatic hydroxyl groups is 2. The highest BCUT2D eigenvalue weighted by molar-refractivity contribution is 5.76. The molecule has 0 radical (unpaired) electrons. The van der Waals surface area contributed by atoms with Gasteiger partial charge in [0.05, 0.1) is 25.4 Å². The highest BCUT2D eigenvalue weighted by atomic mass is 16.5. The van der Waals surface area contributed by atoms with Crippen LogP contribution in [0.15, 0.2) is 24.3 Å². The number of nitrogens with one attached hydrogen (secondary N) is 1. The van der Waals surface area contributed by atoms with Crippen LogP contribution >= 0.6 is 0 Å². The van der Waals surface area contributed by atoms with Crippen LogP contribution in [-0.2, 0) is 14.3 Å². The molecule has 0 aromatic rings. The molecule has 0 rings (SSSR count). The Hall–Kier alpha value is -1.66. The number of carbonyl (C=O) groups excluding carboxylic acids is 2. The number of carbonyl (C=O) groups is 2. The minimum Gasteiger partial charge on any atom is -0.466 e. The first-order chi connectivity index (χ1) is 34.0. The molecular weight excluding hydrogens is 851 g/mol. The Bertz CT molecular complexity index is 1080. The SMILES string of the molecule is CCCCCCC/C=C\CCCCCCCC(=O)OCCCCCCCCCCC/C=C\CCCCCCCCCC(=O)NC(CO)C(O)CCCCCCCCCCCCCCCCCCCC. The summed E-state index contributed by atoms with van der Waals surface area (Å²) in [6.45, 7) is 4.95. The quantitative estimate of drug-likeness (QED) is 0.0321. The van der Waals surface area contributed by atoms with Gasteiger partial charge in [0.1, 0.15) is 0 Å². The molecule has 2 atom stereocenters. The van der Waals surface area contributed by atoms with Gasteiger partial charge in [0.25, 0.3) is 0 Å². The van der Waals surface area contributed by atoms with Crippen LogP contribution in [0.4, 0.5) is 0 Å². The van der Waals surface area contributed by atoms with Gasteiger partial charge in [0, 0.05) is 12.8 Å². The summed E-state index contributed by atoms with van der Waals surface area (Å²) in [5.74, 6) is -0.0429. The molecule has 0 aromatic heterocycles. The van der Waals surface area contributed by atoms with Gasteiger partial charge < -0.3 is 20.3 Å². The summed E-state index contributed by atoms with van der Waals surface area (Å²) in [6.07, 6.45) is 71.8. The topological polar surface area (TPSA) is 95.9 Å². The van der Waals surface area contributed by atoms with E-state index >= 15 is 0 Å². The molecule has 6 nitrogen and oxygen atoms in total. The molecule has 0 saturated heterocycles. The average molecular weight is 973 g/mol. The van der Waals surface area contributed by atoms with Gasteiger partial charge >= 0.3 is 5.97 Å². The molecule has 6 heteroatoms. The summed E-state index contributed by atoms with van der Waals surface area (Å²) >= 11 is 0. The summed E-state index contributed by atoms with van der Waals surface area (Å²) in [5.41, 5.74) is 0. The predicted molar refractivity (Wildman–Crippen MR) is 301 cm³/mol. The predicted octanol–water partition coefficient (Wildman–Crippen LogP) is 19.4. The Morgan fingerprint density at radius 1 is 0.391 bits per heavy atom. The second-order valence-electron chi connectivity index (χ2n) is 21.4. The molecule has 3 N–H and O–H groups in total. The Morgan fingerprint density at radius 3 is 1.03 bits per heavy atom. The van der Waals surface area contributed by atoms with E-state index in [9.17, 15) is 19.8 Å². The number of rotatable bonds is 58. The van der Waals surface area contributed by atoms with Crippen molar-refractivity contribution >= 4 is 11.9 Å². The minimum absolute atomic E-state index is 0.00183. The van der Waals surface area contributed by atoms with Gasteiger partial charge in [-0.15, -0.1) is 0 Å². The number of allylic oxidation sites excluding steroid dienone is 4. The summed E-state index contributed by atoms with van der Waals surface area (Å²) in [4.78, 5) is 24.5. The third-order valence-electron chi connectivity index (χ3n) is 14.5. The van der Waals surface area contributed by atoms with Crippen LogP contribution in [-0.4, -0.2) is 47.4 Å². The van der Waals surface area contributed by atoms with Gasteiger partial charge in [-0.1, -0.05) is 276 Å². The van der Waals surface area contributed by atoms with E-state index in [0.717, 1.165) is 44.9 Å². The van der Waals surface area contributed by atoms with Gasteiger partial charge in [-0.05, 0) is 77.0 Å². The van der Waals surface area contributed by atoms with Crippen molar-refractivity contribution in [2.75, 3.05) is 13.2 Å². The standard InChI is InChI=1S/C63H121NO5/c1-3-5-7-9-11-13-15-17-19-20-25-28-31-35-39-43-47-51-55-61(66)60(59-65)64-62(67)56-52-48-44-40-36-32-29-26-23-21-22-24-27-30-34-38-42-46-50-54-58-69-63(68)57-53-49-45-41-37-33-18-16-14-12-10-8-6-4-2/h16,18,21,23,60-61,65-66H,3-15,17,19-20,22,24-59H2,1-2H3,(H,64,67)/b18-16-,23-21-. The monoisotopic (exact) mass is 972 g/mol. The molecular formula is C63H121NO5. The molecule has 0 aliphatic carbocycles. The lowest BCUT2D eigenvalue weighted by Crippen LogP contribution is -2.45. The van der Waals surface area contributed by atoms with Crippen LogP contribution in [0.5, 0.6) is 0 Å². The summed E-state index contributed by atoms with van der Waals surface area (Å²) < 4.78 is 5.47. The molecule has 408 valence electrons. The van der Waals surface area contributed by atoms with Crippen molar-refractivity contribution in [2.45, 2.75) is 353 Å². The molecule has 0 aliphatic heterocycles. The largest absolute Gasteiger partial charge is 0.466 e. The Labute approximate surface area is 431 Å². The lowest BCUT2D eigenvalue weighted by Gasteiger charge is -2.22. The molecule has 69 heavy (non-hydrogen) atoms. The average Bonchev–Trinajstić information content (AvgIpc) is 3.35. The Balaban J connectivity index is 3.43. The van der Waals surface area contributed by atoms with Crippen molar-refractivity contribution in [3.63, 3.8) is 0 Å². The number of hydrogen-bond acceptors (Lipinski definition) is 5. The molecule has 0 fully saturated rings. The summed E-state index contributed by atoms with van der Waals surface area (Å²) in [5, 5.41) is 23.3. The number of amides is 1. The van der Waals surface area contributed by atoms with Gasteiger partial charge in [0.2, 0.25) is 5.91 Å². The van der Waals surface area contributed by atoms with Crippen molar-refractivity contribution in [3.05, 3.63) is 24.3 Å². The lowest BCUT2D eigenvalue weighted by atomic mass is 10.0. The third-order valence-corrected chi connectivity index (χ3v) is 14.5. The van der Waals surface area contributed by atoms with Gasteiger partial charge in [-0.2, -0.15) is 0 Å². The summed E-state index contributed by atoms with van der Waals surface area (Å²) in [7, 11) is 0. The molecule has 0 bridgehead atoms. The van der Waals surface area contributed by atoms with Crippen LogP contribution in [0.1, 0.15) is 341 Å². The number of ether oxygens (including phenoxy) is 1. The first-order valence-corrected chi connectivity index (χ1v) is 31.1. The molecule has 0 spiro atoms. The second kappa shape index (κ2) is 58.9. The minimum atomic E-state index is -0.670. The fourth-order valence-electron chi connectivity index (χ4n) is 9.69. The zero-order valence-corrected chi connectivity index (χ0v) is 46.6. The van der Waals surface area contributed by atoms with Crippen LogP contribution < -0.4 is 5.32 Å². The van der Waals surface area contributed by atoms with E-state index in [4.69, 9.17) is 4.74 Å². The highest BCUT2D eigenvalue weighted by Gasteiger charge is 2.20. The maximum atomic E-state index is 12.5. The Morgan fingerprint density at radius 2 is 0.681 bits per heavy atom. The maximum Gasteiger partial charge on any atom is 0.305 e. The lowest BCUT2D eigenvalue weighted by molar-refractivity contribution is -0.143. The van der Waals surface area contributed by atoms with Crippen molar-refractivity contribution in [3.8, 4) is 0 Å². The van der Waals surface area contributed by atoms with Crippen molar-refractivity contribution in [2.24, 2.45) is 0 Å². The normalized spacial score (nSPS) is 12.7. The first kappa shape index (κ1) is 67.3. The zero-order chi connectivity index (χ0) is 50.0. The van der Waals surface area contributed by atoms with E-state index < -0.39 is 12.1 Å². The van der Waals surface area contributed by atoms with Crippen molar-refractivity contribution in [1.29, 1.82) is 0 Å². The van der Waals surface area contributed by atoms with E-state index in [2.05, 4.69) is 43.5 Å². The van der Waals surface area contributed by atoms with E-state index in [1.165, 1.54) is 263 Å². The Kier molecular flexibility index (Phi) is 57.5. The molecule has 0 saturated carbocycles. The third kappa shape index (κ3) is 55.5. The molecule has 0 heterocycles. The van der Waals surface area contributed by atoms with E-state index in [1.54, 1.807) is 0 Å². The zero-order valence-electron chi connectivity index (χ0n) is 46.6.